The molecular weight excluding hydrogens is 370 g/mol. The number of aromatic amines is 1. The molecule has 154 valence electrons. The zero-order valence-corrected chi connectivity index (χ0v) is 16.5. The number of aromatic nitrogens is 1. The highest BCUT2D eigenvalue weighted by atomic mass is 16.7. The van der Waals surface area contributed by atoms with Gasteiger partial charge in [-0.2, -0.15) is 0 Å². The minimum Gasteiger partial charge on any atom is -0.361 e. The van der Waals surface area contributed by atoms with Crippen LogP contribution >= 0.6 is 0 Å². The molecule has 1 aromatic carbocycles. The van der Waals surface area contributed by atoms with Crippen molar-refractivity contribution in [1.82, 2.24) is 15.2 Å². The van der Waals surface area contributed by atoms with E-state index in [4.69, 9.17) is 9.47 Å². The number of para-hydroxylation sites is 1. The normalized spacial score (nSPS) is 22.1. The summed E-state index contributed by atoms with van der Waals surface area (Å²) >= 11 is 0. The number of nitrogens with zero attached hydrogens (tertiary/aromatic N) is 1. The molecular formula is C22H27N3O4. The fourth-order valence-corrected chi connectivity index (χ4v) is 4.62. The molecule has 1 spiro atoms. The second-order valence-corrected chi connectivity index (χ2v) is 8.35. The van der Waals surface area contributed by atoms with Gasteiger partial charge in [0.25, 0.3) is 0 Å². The van der Waals surface area contributed by atoms with Crippen LogP contribution in [-0.2, 0) is 25.5 Å². The molecule has 0 bridgehead atoms. The van der Waals surface area contributed by atoms with E-state index in [1.165, 1.54) is 10.9 Å². The highest BCUT2D eigenvalue weighted by Gasteiger charge is 2.58. The first-order valence-corrected chi connectivity index (χ1v) is 10.5. The molecule has 2 saturated heterocycles. The third-order valence-corrected chi connectivity index (χ3v) is 6.57. The van der Waals surface area contributed by atoms with Gasteiger partial charge in [0, 0.05) is 49.6 Å². The van der Waals surface area contributed by atoms with Gasteiger partial charge < -0.3 is 24.7 Å². The number of amides is 2. The zero-order chi connectivity index (χ0) is 19.9. The molecule has 3 heterocycles. The number of rotatable bonds is 5. The third kappa shape index (κ3) is 3.32. The van der Waals surface area contributed by atoms with Gasteiger partial charge in [-0.05, 0) is 30.9 Å². The van der Waals surface area contributed by atoms with E-state index >= 15 is 0 Å². The molecule has 2 N–H and O–H groups in total. The molecule has 2 amide bonds. The first kappa shape index (κ1) is 18.6. The summed E-state index contributed by atoms with van der Waals surface area (Å²) in [6.45, 7) is 2.94. The largest absolute Gasteiger partial charge is 0.361 e. The van der Waals surface area contributed by atoms with Crippen LogP contribution in [0.15, 0.2) is 30.5 Å². The van der Waals surface area contributed by atoms with Crippen molar-refractivity contribution < 1.29 is 19.1 Å². The van der Waals surface area contributed by atoms with Crippen molar-refractivity contribution in [2.24, 2.45) is 5.41 Å². The quantitative estimate of drug-likeness (QED) is 0.756. The summed E-state index contributed by atoms with van der Waals surface area (Å²) in [5, 5.41) is 4.19. The Morgan fingerprint density at radius 3 is 2.52 bits per heavy atom. The Hall–Kier alpha value is -2.38. The molecule has 1 aromatic heterocycles. The maximum atomic E-state index is 13.1. The maximum Gasteiger partial charge on any atom is 0.238 e. The Kier molecular flexibility index (Phi) is 4.59. The molecule has 2 aromatic rings. The highest BCUT2D eigenvalue weighted by molar-refractivity contribution is 6.07. The number of nitrogens with one attached hydrogen (secondary N) is 2. The summed E-state index contributed by atoms with van der Waals surface area (Å²) in [6.07, 6.45) is 5.36. The van der Waals surface area contributed by atoms with Crippen molar-refractivity contribution in [3.63, 3.8) is 0 Å². The van der Waals surface area contributed by atoms with Crippen LogP contribution in [0, 0.1) is 5.41 Å². The van der Waals surface area contributed by atoms with Gasteiger partial charge in [0.15, 0.2) is 5.79 Å². The fraction of sp³-hybridized carbons (Fsp3) is 0.545. The van der Waals surface area contributed by atoms with Crippen molar-refractivity contribution in [2.75, 3.05) is 32.8 Å². The van der Waals surface area contributed by atoms with E-state index < -0.39 is 11.2 Å². The van der Waals surface area contributed by atoms with Gasteiger partial charge in [-0.1, -0.05) is 18.2 Å². The van der Waals surface area contributed by atoms with Crippen molar-refractivity contribution in [3.05, 3.63) is 36.0 Å². The van der Waals surface area contributed by atoms with Crippen molar-refractivity contribution in [2.45, 2.75) is 37.9 Å². The number of fused-ring (bicyclic) bond motifs is 1. The minimum atomic E-state index is -0.859. The van der Waals surface area contributed by atoms with Crippen LogP contribution in [0.25, 0.3) is 10.9 Å². The van der Waals surface area contributed by atoms with E-state index in [9.17, 15) is 9.59 Å². The molecule has 3 fully saturated rings. The number of H-pyrrole nitrogens is 1. The monoisotopic (exact) mass is 397 g/mol. The molecule has 5 rings (SSSR count). The van der Waals surface area contributed by atoms with Crippen LogP contribution in [0.5, 0.6) is 0 Å². The molecule has 29 heavy (non-hydrogen) atoms. The van der Waals surface area contributed by atoms with Gasteiger partial charge in [-0.25, -0.2) is 0 Å². The van der Waals surface area contributed by atoms with E-state index in [1.54, 1.807) is 0 Å². The Labute approximate surface area is 169 Å². The Morgan fingerprint density at radius 1 is 1.07 bits per heavy atom. The fourth-order valence-electron chi connectivity index (χ4n) is 4.62. The first-order chi connectivity index (χ1) is 14.1. The maximum absolute atomic E-state index is 13.1. The zero-order valence-electron chi connectivity index (χ0n) is 16.5. The summed E-state index contributed by atoms with van der Waals surface area (Å²) < 4.78 is 11.5. The Bertz CT molecular complexity index is 917. The van der Waals surface area contributed by atoms with Gasteiger partial charge in [0.05, 0.1) is 13.2 Å². The van der Waals surface area contributed by atoms with E-state index in [-0.39, 0.29) is 11.8 Å². The van der Waals surface area contributed by atoms with Crippen LogP contribution in [0.1, 0.15) is 31.2 Å². The minimum absolute atomic E-state index is 0.0325. The van der Waals surface area contributed by atoms with Crippen LogP contribution in [0.3, 0.4) is 0 Å². The number of hydrogen-bond donors (Lipinski definition) is 2. The average molecular weight is 397 g/mol. The lowest BCUT2D eigenvalue weighted by molar-refractivity contribution is -0.188. The van der Waals surface area contributed by atoms with Crippen molar-refractivity contribution in [3.8, 4) is 0 Å². The predicted octanol–water partition coefficient (Wildman–Crippen LogP) is 1.97. The lowest BCUT2D eigenvalue weighted by atomic mass is 9.98. The smallest absolute Gasteiger partial charge is 0.238 e. The van der Waals surface area contributed by atoms with Gasteiger partial charge in [0.1, 0.15) is 5.41 Å². The lowest BCUT2D eigenvalue weighted by Crippen LogP contribution is -2.52. The van der Waals surface area contributed by atoms with E-state index in [0.717, 1.165) is 11.9 Å². The number of likely N-dealkylation sites (tertiary alicyclic amines) is 1. The average Bonchev–Trinajstić information content (AvgIpc) is 3.29. The molecule has 3 aliphatic rings. The van der Waals surface area contributed by atoms with Gasteiger partial charge in [-0.15, -0.1) is 0 Å². The van der Waals surface area contributed by atoms with Crippen LogP contribution in [-0.4, -0.2) is 60.3 Å². The number of carbonyl (C=O) groups excluding carboxylic acids is 2. The van der Waals surface area contributed by atoms with E-state index in [1.807, 2.05) is 29.3 Å². The second-order valence-electron chi connectivity index (χ2n) is 8.35. The highest BCUT2D eigenvalue weighted by Crippen LogP contribution is 2.48. The standard InChI is InChI=1S/C22H27N3O4/c26-19(23-10-5-16-15-24-18-4-2-1-3-17(16)18)21(6-7-21)20(27)25-11-8-22(9-12-25)28-13-14-29-22/h1-4,15,24H,5-14H2,(H,23,26). The number of ether oxygens (including phenoxy) is 2. The van der Waals surface area contributed by atoms with Crippen LogP contribution < -0.4 is 5.32 Å². The molecule has 0 radical (unpaired) electrons. The van der Waals surface area contributed by atoms with Crippen molar-refractivity contribution >= 4 is 22.7 Å². The van der Waals surface area contributed by atoms with Gasteiger partial charge in [-0.3, -0.25) is 9.59 Å². The summed E-state index contributed by atoms with van der Waals surface area (Å²) in [7, 11) is 0. The number of piperidine rings is 1. The molecule has 0 atom stereocenters. The summed E-state index contributed by atoms with van der Waals surface area (Å²) in [6, 6.07) is 8.14. The number of benzene rings is 1. The third-order valence-electron chi connectivity index (χ3n) is 6.57. The number of hydrogen-bond acceptors (Lipinski definition) is 4. The molecule has 0 unspecified atom stereocenters. The second kappa shape index (κ2) is 7.15. The Balaban J connectivity index is 1.16. The topological polar surface area (TPSA) is 83.7 Å². The van der Waals surface area contributed by atoms with Crippen LogP contribution in [0.4, 0.5) is 0 Å². The first-order valence-electron chi connectivity index (χ1n) is 10.5. The molecule has 1 aliphatic carbocycles. The van der Waals surface area contributed by atoms with E-state index in [2.05, 4.69) is 16.4 Å². The predicted molar refractivity (Wildman–Crippen MR) is 107 cm³/mol. The Morgan fingerprint density at radius 2 is 1.79 bits per heavy atom. The summed E-state index contributed by atoms with van der Waals surface area (Å²) in [4.78, 5) is 31.0. The van der Waals surface area contributed by atoms with E-state index in [0.29, 0.717) is 58.5 Å². The molecule has 7 heteroatoms. The van der Waals surface area contributed by atoms with Crippen LogP contribution in [0.2, 0.25) is 0 Å². The van der Waals surface area contributed by atoms with Crippen molar-refractivity contribution in [1.29, 1.82) is 0 Å². The number of carbonyl (C=O) groups is 2. The summed E-state index contributed by atoms with van der Waals surface area (Å²) in [5.74, 6) is -0.666. The summed E-state index contributed by atoms with van der Waals surface area (Å²) in [5.41, 5.74) is 1.41. The molecule has 2 aliphatic heterocycles. The SMILES string of the molecule is O=C(NCCc1c[nH]c2ccccc12)C1(C(=O)N2CCC3(CC2)OCCO3)CC1. The van der Waals surface area contributed by atoms with Gasteiger partial charge in [0.2, 0.25) is 11.8 Å². The van der Waals surface area contributed by atoms with Gasteiger partial charge >= 0.3 is 0 Å². The lowest BCUT2D eigenvalue weighted by Gasteiger charge is -2.38. The molecule has 7 nitrogen and oxygen atoms in total. The molecule has 1 saturated carbocycles.